The van der Waals surface area contributed by atoms with E-state index in [0.717, 1.165) is 20.2 Å². The van der Waals surface area contributed by atoms with E-state index < -0.39 is 0 Å². The zero-order valence-electron chi connectivity index (χ0n) is 9.81. The fourth-order valence-electron chi connectivity index (χ4n) is 1.62. The van der Waals surface area contributed by atoms with Crippen LogP contribution in [0.3, 0.4) is 0 Å². The zero-order valence-corrected chi connectivity index (χ0v) is 13.0. The van der Waals surface area contributed by atoms with Gasteiger partial charge in [-0.15, -0.1) is 0 Å². The van der Waals surface area contributed by atoms with Gasteiger partial charge in [-0.25, -0.2) is 4.39 Å². The Morgan fingerprint density at radius 2 is 1.83 bits per heavy atom. The summed E-state index contributed by atoms with van der Waals surface area (Å²) < 4.78 is 15.0. The highest BCUT2D eigenvalue weighted by molar-refractivity contribution is 9.10. The lowest BCUT2D eigenvalue weighted by Crippen LogP contribution is -2.01. The average molecular weight is 373 g/mol. The summed E-state index contributed by atoms with van der Waals surface area (Å²) in [6.45, 7) is 2.69. The van der Waals surface area contributed by atoms with E-state index in [4.69, 9.17) is 0 Å². The summed E-state index contributed by atoms with van der Waals surface area (Å²) in [5.74, 6) is -0.247. The Balaban J connectivity index is 2.13. The van der Waals surface area contributed by atoms with Crippen LogP contribution in [0.4, 0.5) is 10.1 Å². The van der Waals surface area contributed by atoms with E-state index in [1.165, 1.54) is 17.7 Å². The molecular formula is C14H12Br2FN. The van der Waals surface area contributed by atoms with Crippen LogP contribution < -0.4 is 5.32 Å². The number of aryl methyl sites for hydroxylation is 1. The van der Waals surface area contributed by atoms with Gasteiger partial charge in [0.25, 0.3) is 0 Å². The second-order valence-electron chi connectivity index (χ2n) is 4.07. The molecule has 0 radical (unpaired) electrons. The molecule has 0 spiro atoms. The van der Waals surface area contributed by atoms with Crippen LogP contribution >= 0.6 is 31.9 Å². The monoisotopic (exact) mass is 371 g/mol. The van der Waals surface area contributed by atoms with Gasteiger partial charge in [0.1, 0.15) is 5.82 Å². The van der Waals surface area contributed by atoms with Crippen LogP contribution in [0.1, 0.15) is 11.1 Å². The Bertz CT molecular complexity index is 570. The minimum absolute atomic E-state index is 0.247. The minimum Gasteiger partial charge on any atom is -0.380 e. The Hall–Kier alpha value is -0.870. The molecule has 0 aliphatic heterocycles. The molecule has 0 unspecified atom stereocenters. The molecule has 0 aliphatic rings. The van der Waals surface area contributed by atoms with E-state index in [2.05, 4.69) is 55.4 Å². The molecule has 2 rings (SSSR count). The van der Waals surface area contributed by atoms with Crippen LogP contribution in [0.5, 0.6) is 0 Å². The smallest absolute Gasteiger partial charge is 0.125 e. The number of benzene rings is 2. The van der Waals surface area contributed by atoms with Gasteiger partial charge in [0, 0.05) is 15.5 Å². The molecule has 4 heteroatoms. The largest absolute Gasteiger partial charge is 0.380 e. The van der Waals surface area contributed by atoms with E-state index >= 15 is 0 Å². The Morgan fingerprint density at radius 3 is 2.56 bits per heavy atom. The van der Waals surface area contributed by atoms with Gasteiger partial charge in [-0.1, -0.05) is 28.1 Å². The fraction of sp³-hybridized carbons (Fsp3) is 0.143. The molecule has 0 aromatic heterocycles. The molecule has 0 atom stereocenters. The molecule has 2 aromatic carbocycles. The van der Waals surface area contributed by atoms with Gasteiger partial charge >= 0.3 is 0 Å². The Labute approximate surface area is 123 Å². The summed E-state index contributed by atoms with van der Waals surface area (Å²) in [5, 5.41) is 3.21. The standard InChI is InChI=1S/C14H12Br2FN/c1-9-2-3-10(13(16)6-9)8-18-14-7-11(17)4-5-12(14)15/h2-7,18H,8H2,1H3. The average Bonchev–Trinajstić information content (AvgIpc) is 2.32. The first kappa shape index (κ1) is 13.6. The quantitative estimate of drug-likeness (QED) is 0.773. The van der Waals surface area contributed by atoms with Crippen molar-refractivity contribution in [1.82, 2.24) is 0 Å². The molecule has 0 saturated heterocycles. The lowest BCUT2D eigenvalue weighted by atomic mass is 10.1. The summed E-state index contributed by atoms with van der Waals surface area (Å²) in [6.07, 6.45) is 0. The molecule has 0 aliphatic carbocycles. The van der Waals surface area contributed by atoms with Gasteiger partial charge in [0.2, 0.25) is 0 Å². The molecule has 0 fully saturated rings. The first-order valence-corrected chi connectivity index (χ1v) is 7.09. The highest BCUT2D eigenvalue weighted by Gasteiger charge is 2.03. The zero-order chi connectivity index (χ0) is 13.1. The van der Waals surface area contributed by atoms with E-state index in [0.29, 0.717) is 6.54 Å². The van der Waals surface area contributed by atoms with E-state index in [1.54, 1.807) is 6.07 Å². The molecule has 2 aromatic rings. The van der Waals surface area contributed by atoms with Gasteiger partial charge < -0.3 is 5.32 Å². The molecule has 0 heterocycles. The van der Waals surface area contributed by atoms with Crippen molar-refractivity contribution in [3.63, 3.8) is 0 Å². The number of hydrogen-bond acceptors (Lipinski definition) is 1. The van der Waals surface area contributed by atoms with E-state index in [-0.39, 0.29) is 5.82 Å². The molecular weight excluding hydrogens is 361 g/mol. The van der Waals surface area contributed by atoms with Crippen LogP contribution in [-0.2, 0) is 6.54 Å². The van der Waals surface area contributed by atoms with Crippen LogP contribution in [0.15, 0.2) is 45.3 Å². The highest BCUT2D eigenvalue weighted by Crippen LogP contribution is 2.25. The van der Waals surface area contributed by atoms with Crippen molar-refractivity contribution in [1.29, 1.82) is 0 Å². The van der Waals surface area contributed by atoms with Gasteiger partial charge in [-0.05, 0) is 58.2 Å². The lowest BCUT2D eigenvalue weighted by molar-refractivity contribution is 0.628. The molecule has 0 saturated carbocycles. The lowest BCUT2D eigenvalue weighted by Gasteiger charge is -2.10. The number of nitrogens with one attached hydrogen (secondary N) is 1. The third-order valence-corrected chi connectivity index (χ3v) is 4.04. The molecule has 1 nitrogen and oxygen atoms in total. The van der Waals surface area contributed by atoms with Crippen molar-refractivity contribution >= 4 is 37.5 Å². The summed E-state index contributed by atoms with van der Waals surface area (Å²) in [6, 6.07) is 10.8. The summed E-state index contributed by atoms with van der Waals surface area (Å²) in [7, 11) is 0. The Morgan fingerprint density at radius 1 is 1.06 bits per heavy atom. The number of halogens is 3. The van der Waals surface area contributed by atoms with Crippen molar-refractivity contribution in [2.24, 2.45) is 0 Å². The molecule has 0 bridgehead atoms. The molecule has 18 heavy (non-hydrogen) atoms. The van der Waals surface area contributed by atoms with Crippen molar-refractivity contribution < 1.29 is 4.39 Å². The van der Waals surface area contributed by atoms with Crippen molar-refractivity contribution in [3.05, 3.63) is 62.3 Å². The highest BCUT2D eigenvalue weighted by atomic mass is 79.9. The maximum atomic E-state index is 13.1. The minimum atomic E-state index is -0.247. The number of hydrogen-bond donors (Lipinski definition) is 1. The molecule has 0 amide bonds. The van der Waals surface area contributed by atoms with Crippen molar-refractivity contribution in [2.45, 2.75) is 13.5 Å². The van der Waals surface area contributed by atoms with Gasteiger partial charge in [-0.3, -0.25) is 0 Å². The summed E-state index contributed by atoms with van der Waals surface area (Å²) >= 11 is 6.92. The van der Waals surface area contributed by atoms with Gasteiger partial charge in [0.05, 0.1) is 5.69 Å². The van der Waals surface area contributed by atoms with E-state index in [9.17, 15) is 4.39 Å². The number of rotatable bonds is 3. The Kier molecular flexibility index (Phi) is 4.40. The topological polar surface area (TPSA) is 12.0 Å². The maximum absolute atomic E-state index is 13.1. The fourth-order valence-corrected chi connectivity index (χ4v) is 2.64. The van der Waals surface area contributed by atoms with Gasteiger partial charge in [0.15, 0.2) is 0 Å². The van der Waals surface area contributed by atoms with Crippen molar-refractivity contribution in [2.75, 3.05) is 5.32 Å². The van der Waals surface area contributed by atoms with Crippen LogP contribution in [0.2, 0.25) is 0 Å². The van der Waals surface area contributed by atoms with Crippen LogP contribution in [-0.4, -0.2) is 0 Å². The second-order valence-corrected chi connectivity index (χ2v) is 5.78. The van der Waals surface area contributed by atoms with Crippen LogP contribution in [0, 0.1) is 12.7 Å². The maximum Gasteiger partial charge on any atom is 0.125 e. The van der Waals surface area contributed by atoms with E-state index in [1.807, 2.05) is 6.92 Å². The predicted molar refractivity (Wildman–Crippen MR) is 80.3 cm³/mol. The SMILES string of the molecule is Cc1ccc(CNc2cc(F)ccc2Br)c(Br)c1. The first-order chi connectivity index (χ1) is 8.56. The third-order valence-electron chi connectivity index (χ3n) is 2.61. The third kappa shape index (κ3) is 3.33. The molecule has 94 valence electrons. The number of anilines is 1. The summed E-state index contributed by atoms with van der Waals surface area (Å²) in [4.78, 5) is 0. The second kappa shape index (κ2) is 5.85. The summed E-state index contributed by atoms with van der Waals surface area (Å²) in [5.41, 5.74) is 3.09. The normalized spacial score (nSPS) is 10.4. The van der Waals surface area contributed by atoms with Gasteiger partial charge in [-0.2, -0.15) is 0 Å². The van der Waals surface area contributed by atoms with Crippen LogP contribution in [0.25, 0.3) is 0 Å². The predicted octanol–water partition coefficient (Wildman–Crippen LogP) is 5.27. The first-order valence-electron chi connectivity index (χ1n) is 5.50. The van der Waals surface area contributed by atoms with Crippen molar-refractivity contribution in [3.8, 4) is 0 Å². The molecule has 1 N–H and O–H groups in total.